The Labute approximate surface area is 114 Å². The van der Waals surface area contributed by atoms with Crippen LogP contribution >= 0.6 is 0 Å². The minimum Gasteiger partial charge on any atom is -0.295 e. The molecule has 10 heteroatoms. The maximum absolute atomic E-state index is 11.5. The lowest BCUT2D eigenvalue weighted by Gasteiger charge is -2.10. The number of aromatic nitrogens is 5. The molecule has 0 saturated carbocycles. The van der Waals surface area contributed by atoms with Gasteiger partial charge in [-0.2, -0.15) is 5.10 Å². The molecule has 108 valence electrons. The van der Waals surface area contributed by atoms with Gasteiger partial charge in [0.05, 0.1) is 0 Å². The van der Waals surface area contributed by atoms with Crippen LogP contribution in [0.5, 0.6) is 0 Å². The second kappa shape index (κ2) is 5.13. The van der Waals surface area contributed by atoms with Crippen molar-refractivity contribution >= 4 is 10.0 Å². The quantitative estimate of drug-likeness (QED) is 0.768. The highest BCUT2D eigenvalue weighted by Crippen LogP contribution is 2.18. The van der Waals surface area contributed by atoms with E-state index in [4.69, 9.17) is 5.14 Å². The van der Waals surface area contributed by atoms with E-state index in [2.05, 4.69) is 20.4 Å². The molecule has 0 spiro atoms. The summed E-state index contributed by atoms with van der Waals surface area (Å²) in [7, 11) is -3.98. The van der Waals surface area contributed by atoms with Gasteiger partial charge in [-0.3, -0.25) is 9.36 Å². The predicted octanol–water partition coefficient (Wildman–Crippen LogP) is -0.668. The molecule has 0 aliphatic rings. The van der Waals surface area contributed by atoms with Crippen molar-refractivity contribution in [3.8, 4) is 11.5 Å². The van der Waals surface area contributed by atoms with E-state index in [0.717, 1.165) is 0 Å². The topological polar surface area (TPSA) is 137 Å². The molecule has 2 aromatic rings. The molecule has 20 heavy (non-hydrogen) atoms. The number of hydrogen-bond acceptors (Lipinski definition) is 6. The number of H-pyrrole nitrogens is 1. The predicted molar refractivity (Wildman–Crippen MR) is 70.1 cm³/mol. The summed E-state index contributed by atoms with van der Waals surface area (Å²) < 4.78 is 24.4. The van der Waals surface area contributed by atoms with Gasteiger partial charge in [-0.25, -0.2) is 18.7 Å². The van der Waals surface area contributed by atoms with Crippen molar-refractivity contribution in [2.75, 3.05) is 0 Å². The average molecular weight is 298 g/mol. The molecule has 2 rings (SSSR count). The Balaban J connectivity index is 2.61. The third-order valence-electron chi connectivity index (χ3n) is 2.43. The van der Waals surface area contributed by atoms with Crippen LogP contribution in [0.25, 0.3) is 11.5 Å². The van der Waals surface area contributed by atoms with Crippen molar-refractivity contribution in [2.24, 2.45) is 11.1 Å². The van der Waals surface area contributed by atoms with E-state index < -0.39 is 10.0 Å². The molecule has 0 unspecified atom stereocenters. The SMILES string of the molecule is CC(C)Cn1c(-c2ccc(=O)[nH]n2)nnc1S(N)(=O)=O. The number of nitrogens with one attached hydrogen (secondary N) is 1. The zero-order valence-electron chi connectivity index (χ0n) is 10.9. The summed E-state index contributed by atoms with van der Waals surface area (Å²) in [4.78, 5) is 11.0. The first-order valence-corrected chi connectivity index (χ1v) is 7.36. The largest absolute Gasteiger partial charge is 0.295 e. The molecular formula is C10H14N6O3S. The highest BCUT2D eigenvalue weighted by Gasteiger charge is 2.23. The number of hydrogen-bond donors (Lipinski definition) is 2. The van der Waals surface area contributed by atoms with E-state index in [1.807, 2.05) is 13.8 Å². The van der Waals surface area contributed by atoms with Gasteiger partial charge in [-0.1, -0.05) is 13.8 Å². The van der Waals surface area contributed by atoms with Crippen molar-refractivity contribution in [1.82, 2.24) is 25.0 Å². The third kappa shape index (κ3) is 2.91. The van der Waals surface area contributed by atoms with E-state index in [0.29, 0.717) is 12.2 Å². The Bertz CT molecular complexity index is 756. The molecule has 0 amide bonds. The molecule has 2 heterocycles. The number of aromatic amines is 1. The smallest absolute Gasteiger partial charge is 0.273 e. The molecule has 0 aromatic carbocycles. The molecule has 0 aliphatic heterocycles. The van der Waals surface area contributed by atoms with Crippen LogP contribution in [-0.2, 0) is 16.6 Å². The first kappa shape index (κ1) is 14.3. The molecule has 0 saturated heterocycles. The van der Waals surface area contributed by atoms with E-state index in [1.165, 1.54) is 16.7 Å². The number of nitrogens with zero attached hydrogens (tertiary/aromatic N) is 4. The van der Waals surface area contributed by atoms with Crippen molar-refractivity contribution in [1.29, 1.82) is 0 Å². The highest BCUT2D eigenvalue weighted by atomic mass is 32.2. The number of rotatable bonds is 4. The Morgan fingerprint density at radius 2 is 2.05 bits per heavy atom. The van der Waals surface area contributed by atoms with Gasteiger partial charge < -0.3 is 0 Å². The van der Waals surface area contributed by atoms with Crippen LogP contribution in [0.4, 0.5) is 0 Å². The summed E-state index contributed by atoms with van der Waals surface area (Å²) >= 11 is 0. The molecule has 3 N–H and O–H groups in total. The van der Waals surface area contributed by atoms with Crippen LogP contribution in [-0.4, -0.2) is 33.4 Å². The zero-order valence-corrected chi connectivity index (χ0v) is 11.8. The summed E-state index contributed by atoms with van der Waals surface area (Å²) in [6.07, 6.45) is 0. The number of sulfonamides is 1. The van der Waals surface area contributed by atoms with Crippen LogP contribution < -0.4 is 10.7 Å². The molecule has 0 fully saturated rings. The monoisotopic (exact) mass is 298 g/mol. The lowest BCUT2D eigenvalue weighted by Crippen LogP contribution is -2.20. The lowest BCUT2D eigenvalue weighted by molar-refractivity contribution is 0.485. The Morgan fingerprint density at radius 1 is 1.35 bits per heavy atom. The third-order valence-corrected chi connectivity index (χ3v) is 3.24. The van der Waals surface area contributed by atoms with Crippen molar-refractivity contribution in [3.05, 3.63) is 22.5 Å². The number of primary sulfonamides is 1. The molecule has 0 radical (unpaired) electrons. The summed E-state index contributed by atoms with van der Waals surface area (Å²) in [5.41, 5.74) is -0.0528. The van der Waals surface area contributed by atoms with Crippen LogP contribution in [0.1, 0.15) is 13.8 Å². The fourth-order valence-corrected chi connectivity index (χ4v) is 2.31. The summed E-state index contributed by atoms with van der Waals surface area (Å²) in [6.45, 7) is 4.18. The van der Waals surface area contributed by atoms with E-state index in [9.17, 15) is 13.2 Å². The highest BCUT2D eigenvalue weighted by molar-refractivity contribution is 7.89. The van der Waals surface area contributed by atoms with Gasteiger partial charge in [0.25, 0.3) is 20.7 Å². The normalized spacial score (nSPS) is 12.0. The van der Waals surface area contributed by atoms with Crippen LogP contribution in [0.3, 0.4) is 0 Å². The van der Waals surface area contributed by atoms with E-state index >= 15 is 0 Å². The molecule has 2 aromatic heterocycles. The summed E-state index contributed by atoms with van der Waals surface area (Å²) in [5.74, 6) is 0.381. The maximum Gasteiger partial charge on any atom is 0.273 e. The number of nitrogens with two attached hydrogens (primary N) is 1. The van der Waals surface area contributed by atoms with Crippen LogP contribution in [0, 0.1) is 5.92 Å². The fraction of sp³-hybridized carbons (Fsp3) is 0.400. The van der Waals surface area contributed by atoms with Gasteiger partial charge in [0.15, 0.2) is 5.82 Å². The van der Waals surface area contributed by atoms with Crippen molar-refractivity contribution in [2.45, 2.75) is 25.5 Å². The van der Waals surface area contributed by atoms with Gasteiger partial charge in [0.2, 0.25) is 0 Å². The molecule has 0 atom stereocenters. The van der Waals surface area contributed by atoms with E-state index in [1.54, 1.807) is 0 Å². The van der Waals surface area contributed by atoms with Crippen LogP contribution in [0.2, 0.25) is 0 Å². The van der Waals surface area contributed by atoms with Gasteiger partial charge in [0.1, 0.15) is 5.69 Å². The van der Waals surface area contributed by atoms with Gasteiger partial charge >= 0.3 is 0 Å². The minimum absolute atomic E-state index is 0.146. The average Bonchev–Trinajstić information content (AvgIpc) is 2.72. The fourth-order valence-electron chi connectivity index (χ4n) is 1.69. The zero-order chi connectivity index (χ0) is 14.9. The first-order valence-electron chi connectivity index (χ1n) is 5.81. The standard InChI is InChI=1S/C10H14N6O3S/c1-6(2)5-16-9(7-3-4-8(17)13-12-7)14-15-10(16)20(11,18)19/h3-4,6H,5H2,1-2H3,(H,13,17)(H2,11,18,19). The minimum atomic E-state index is -3.98. The lowest BCUT2D eigenvalue weighted by atomic mass is 10.2. The Morgan fingerprint density at radius 3 is 2.55 bits per heavy atom. The Hall–Kier alpha value is -2.07. The molecule has 9 nitrogen and oxygen atoms in total. The van der Waals surface area contributed by atoms with Crippen molar-refractivity contribution in [3.63, 3.8) is 0 Å². The summed E-state index contributed by atoms with van der Waals surface area (Å²) in [6, 6.07) is 2.71. The second-order valence-electron chi connectivity index (χ2n) is 4.66. The molecule has 0 bridgehead atoms. The van der Waals surface area contributed by atoms with Gasteiger partial charge in [-0.05, 0) is 12.0 Å². The molecule has 0 aliphatic carbocycles. The molecular weight excluding hydrogens is 284 g/mol. The maximum atomic E-state index is 11.5. The second-order valence-corrected chi connectivity index (χ2v) is 6.12. The van der Waals surface area contributed by atoms with Gasteiger partial charge in [-0.15, -0.1) is 10.2 Å². The van der Waals surface area contributed by atoms with E-state index in [-0.39, 0.29) is 22.5 Å². The van der Waals surface area contributed by atoms with Crippen molar-refractivity contribution < 1.29 is 8.42 Å². The summed E-state index contributed by atoms with van der Waals surface area (Å²) in [5, 5.41) is 18.3. The Kier molecular flexibility index (Phi) is 3.68. The van der Waals surface area contributed by atoms with Crippen LogP contribution in [0.15, 0.2) is 22.1 Å². The van der Waals surface area contributed by atoms with Gasteiger partial charge in [0, 0.05) is 12.6 Å². The first-order chi connectivity index (χ1) is 9.29.